The van der Waals surface area contributed by atoms with Gasteiger partial charge in [0, 0.05) is 12.6 Å². The van der Waals surface area contributed by atoms with Crippen molar-refractivity contribution < 1.29 is 14.8 Å². The van der Waals surface area contributed by atoms with Crippen LogP contribution in [-0.4, -0.2) is 33.2 Å². The Morgan fingerprint density at radius 2 is 2.21 bits per heavy atom. The molecule has 1 rings (SSSR count). The first-order chi connectivity index (χ1) is 8.90. The first kappa shape index (κ1) is 15.2. The quantitative estimate of drug-likeness (QED) is 0.598. The number of carbonyl (C=O) groups excluding carboxylic acids is 1. The Kier molecular flexibility index (Phi) is 5.05. The molecule has 1 heterocycles. The summed E-state index contributed by atoms with van der Waals surface area (Å²) in [5.41, 5.74) is 0.116. The monoisotopic (exact) mass is 269 g/mol. The molecule has 1 amide bonds. The predicted molar refractivity (Wildman–Crippen MR) is 69.9 cm³/mol. The van der Waals surface area contributed by atoms with Crippen LogP contribution in [0.5, 0.6) is 0 Å². The molecule has 106 valence electrons. The van der Waals surface area contributed by atoms with E-state index in [1.54, 1.807) is 6.92 Å². The average Bonchev–Trinajstić information content (AvgIpc) is 2.79. The van der Waals surface area contributed by atoms with Gasteiger partial charge in [-0.05, 0) is 12.8 Å². The van der Waals surface area contributed by atoms with Crippen LogP contribution in [0.3, 0.4) is 0 Å². The van der Waals surface area contributed by atoms with Crippen molar-refractivity contribution in [3.8, 4) is 0 Å². The minimum Gasteiger partial charge on any atom is -0.394 e. The molecule has 0 fully saturated rings. The highest BCUT2D eigenvalue weighted by Gasteiger charge is 2.22. The van der Waals surface area contributed by atoms with E-state index >= 15 is 0 Å². The molecule has 0 spiro atoms. The number of nitro groups is 1. The molecule has 7 nitrogen and oxygen atoms in total. The zero-order valence-corrected chi connectivity index (χ0v) is 11.3. The molecule has 0 aliphatic heterocycles. The fraction of sp³-hybridized carbons (Fsp3) is 0.583. The van der Waals surface area contributed by atoms with Crippen molar-refractivity contribution in [2.45, 2.75) is 33.4 Å². The van der Waals surface area contributed by atoms with E-state index in [4.69, 9.17) is 0 Å². The molecular weight excluding hydrogens is 250 g/mol. The number of aromatic nitrogens is 1. The molecule has 0 bridgehead atoms. The maximum atomic E-state index is 12.1. The van der Waals surface area contributed by atoms with Gasteiger partial charge in [-0.15, -0.1) is 0 Å². The van der Waals surface area contributed by atoms with Crippen LogP contribution >= 0.6 is 0 Å². The van der Waals surface area contributed by atoms with Crippen LogP contribution in [0.15, 0.2) is 12.3 Å². The summed E-state index contributed by atoms with van der Waals surface area (Å²) in [5, 5.41) is 22.6. The van der Waals surface area contributed by atoms with Crippen molar-refractivity contribution in [2.24, 2.45) is 5.92 Å². The van der Waals surface area contributed by atoms with Crippen LogP contribution in [0.25, 0.3) is 0 Å². The number of aliphatic hydroxyl groups is 1. The number of nitrogens with zero attached hydrogens (tertiary/aromatic N) is 2. The summed E-state index contributed by atoms with van der Waals surface area (Å²) < 4.78 is 1.52. The third-order valence-corrected chi connectivity index (χ3v) is 2.98. The fourth-order valence-corrected chi connectivity index (χ4v) is 1.71. The van der Waals surface area contributed by atoms with Gasteiger partial charge < -0.3 is 15.0 Å². The Labute approximate surface area is 111 Å². The van der Waals surface area contributed by atoms with Gasteiger partial charge in [0.25, 0.3) is 11.6 Å². The van der Waals surface area contributed by atoms with E-state index in [9.17, 15) is 20.0 Å². The summed E-state index contributed by atoms with van der Waals surface area (Å²) in [6, 6.07) is 0.875. The Morgan fingerprint density at radius 3 is 2.63 bits per heavy atom. The van der Waals surface area contributed by atoms with E-state index in [2.05, 4.69) is 5.32 Å². The molecule has 1 aromatic rings. The average molecular weight is 269 g/mol. The van der Waals surface area contributed by atoms with Crippen molar-refractivity contribution in [3.63, 3.8) is 0 Å². The maximum absolute atomic E-state index is 12.1. The van der Waals surface area contributed by atoms with Crippen LogP contribution in [0.1, 0.15) is 31.3 Å². The lowest BCUT2D eigenvalue weighted by atomic mass is 10.1. The molecule has 0 aromatic carbocycles. The second-order valence-electron chi connectivity index (χ2n) is 4.63. The van der Waals surface area contributed by atoms with Crippen LogP contribution in [0.2, 0.25) is 0 Å². The molecule has 19 heavy (non-hydrogen) atoms. The van der Waals surface area contributed by atoms with Gasteiger partial charge in [-0.3, -0.25) is 14.9 Å². The van der Waals surface area contributed by atoms with Gasteiger partial charge in [-0.25, -0.2) is 0 Å². The molecule has 0 aliphatic carbocycles. The third kappa shape index (κ3) is 3.54. The molecular formula is C12H19N3O4. The van der Waals surface area contributed by atoms with E-state index < -0.39 is 10.8 Å². The van der Waals surface area contributed by atoms with Crippen LogP contribution in [-0.2, 0) is 6.54 Å². The first-order valence-corrected chi connectivity index (χ1v) is 6.17. The van der Waals surface area contributed by atoms with E-state index in [0.717, 1.165) is 0 Å². The van der Waals surface area contributed by atoms with E-state index in [0.29, 0.717) is 6.54 Å². The van der Waals surface area contributed by atoms with Crippen molar-refractivity contribution in [3.05, 3.63) is 28.1 Å². The number of hydrogen-bond acceptors (Lipinski definition) is 4. The number of aryl methyl sites for hydroxylation is 1. The molecule has 0 saturated heterocycles. The highest BCUT2D eigenvalue weighted by molar-refractivity contribution is 5.93. The van der Waals surface area contributed by atoms with Gasteiger partial charge in [-0.2, -0.15) is 0 Å². The maximum Gasteiger partial charge on any atom is 0.287 e. The highest BCUT2D eigenvalue weighted by Crippen LogP contribution is 2.17. The SMILES string of the molecule is CCn1cc([N+](=O)[O-])cc1C(=O)N[C@H](CO)C(C)C. The van der Waals surface area contributed by atoms with Gasteiger partial charge in [0.1, 0.15) is 5.69 Å². The Hall–Kier alpha value is -1.89. The van der Waals surface area contributed by atoms with E-state index in [1.807, 2.05) is 13.8 Å². The molecule has 0 aliphatic rings. The van der Waals surface area contributed by atoms with E-state index in [1.165, 1.54) is 16.8 Å². The summed E-state index contributed by atoms with van der Waals surface area (Å²) in [6.07, 6.45) is 1.33. The molecule has 2 N–H and O–H groups in total. The molecule has 0 unspecified atom stereocenters. The number of nitrogens with one attached hydrogen (secondary N) is 1. The zero-order valence-electron chi connectivity index (χ0n) is 11.3. The second kappa shape index (κ2) is 6.33. The van der Waals surface area contributed by atoms with Crippen molar-refractivity contribution in [2.75, 3.05) is 6.61 Å². The van der Waals surface area contributed by atoms with Gasteiger partial charge >= 0.3 is 0 Å². The summed E-state index contributed by atoms with van der Waals surface area (Å²) in [4.78, 5) is 22.2. The number of rotatable bonds is 6. The Balaban J connectivity index is 2.95. The van der Waals surface area contributed by atoms with Crippen LogP contribution < -0.4 is 5.32 Å². The lowest BCUT2D eigenvalue weighted by molar-refractivity contribution is -0.384. The molecule has 7 heteroatoms. The van der Waals surface area contributed by atoms with Crippen molar-refractivity contribution in [1.82, 2.24) is 9.88 Å². The summed E-state index contributed by atoms with van der Waals surface area (Å²) >= 11 is 0. The molecule has 0 saturated carbocycles. The number of carbonyl (C=O) groups is 1. The molecule has 0 radical (unpaired) electrons. The van der Waals surface area contributed by atoms with Gasteiger partial charge in [0.15, 0.2) is 0 Å². The number of aliphatic hydroxyl groups excluding tert-OH is 1. The lowest BCUT2D eigenvalue weighted by Crippen LogP contribution is -2.41. The first-order valence-electron chi connectivity index (χ1n) is 6.17. The smallest absolute Gasteiger partial charge is 0.287 e. The minimum absolute atomic E-state index is 0.0778. The lowest BCUT2D eigenvalue weighted by Gasteiger charge is -2.20. The second-order valence-corrected chi connectivity index (χ2v) is 4.63. The van der Waals surface area contributed by atoms with Crippen molar-refractivity contribution >= 4 is 11.6 Å². The Morgan fingerprint density at radius 1 is 1.58 bits per heavy atom. The topological polar surface area (TPSA) is 97.4 Å². The van der Waals surface area contributed by atoms with Crippen LogP contribution in [0, 0.1) is 16.0 Å². The van der Waals surface area contributed by atoms with Gasteiger partial charge in [0.2, 0.25) is 0 Å². The molecule has 1 atom stereocenters. The minimum atomic E-state index is -0.533. The summed E-state index contributed by atoms with van der Waals surface area (Å²) in [7, 11) is 0. The summed E-state index contributed by atoms with van der Waals surface area (Å²) in [6.45, 7) is 5.85. The standard InChI is InChI=1S/C12H19N3O4/c1-4-14-6-9(15(18)19)5-11(14)12(17)13-10(7-16)8(2)3/h5-6,8,10,16H,4,7H2,1-3H3,(H,13,17)/t10-/m1/s1. The number of hydrogen-bond donors (Lipinski definition) is 2. The third-order valence-electron chi connectivity index (χ3n) is 2.98. The predicted octanol–water partition coefficient (Wildman–Crippen LogP) is 1.16. The Bertz CT molecular complexity index is 468. The highest BCUT2D eigenvalue weighted by atomic mass is 16.6. The normalized spacial score (nSPS) is 12.5. The molecule has 1 aromatic heterocycles. The number of amides is 1. The van der Waals surface area contributed by atoms with Crippen molar-refractivity contribution in [1.29, 1.82) is 0 Å². The fourth-order valence-electron chi connectivity index (χ4n) is 1.71. The summed E-state index contributed by atoms with van der Waals surface area (Å²) in [5.74, 6) is -0.336. The van der Waals surface area contributed by atoms with Gasteiger partial charge in [-0.1, -0.05) is 13.8 Å². The van der Waals surface area contributed by atoms with Gasteiger partial charge in [0.05, 0.1) is 23.8 Å². The van der Waals surface area contributed by atoms with E-state index in [-0.39, 0.29) is 29.9 Å². The zero-order chi connectivity index (χ0) is 14.6. The largest absolute Gasteiger partial charge is 0.394 e. The van der Waals surface area contributed by atoms with Crippen LogP contribution in [0.4, 0.5) is 5.69 Å².